The zero-order chi connectivity index (χ0) is 33.3. The molecule has 0 bridgehead atoms. The highest BCUT2D eigenvalue weighted by molar-refractivity contribution is 6.24. The molecule has 1 nitrogen and oxygen atoms in total. The minimum atomic E-state index is -0.173. The number of nitrogens with zero attached hydrogens (tertiary/aromatic N) is 1. The minimum absolute atomic E-state index is 0.173. The van der Waals surface area contributed by atoms with Crippen LogP contribution in [-0.2, 0) is 5.41 Å². The molecule has 8 aromatic rings. The second-order valence-corrected chi connectivity index (χ2v) is 14.3. The summed E-state index contributed by atoms with van der Waals surface area (Å²) in [6.45, 7) is 9.31. The van der Waals surface area contributed by atoms with E-state index in [-0.39, 0.29) is 5.41 Å². The Bertz CT molecular complexity index is 2490. The van der Waals surface area contributed by atoms with Gasteiger partial charge in [-0.25, -0.2) is 0 Å². The first-order valence-corrected chi connectivity index (χ1v) is 17.5. The fraction of sp³-hybridized carbons (Fsp3) is 0.125. The van der Waals surface area contributed by atoms with Crippen molar-refractivity contribution in [2.75, 3.05) is 4.90 Å². The molecule has 0 saturated heterocycles. The maximum Gasteiger partial charge on any atom is 0.0618 e. The Kier molecular flexibility index (Phi) is 6.74. The van der Waals surface area contributed by atoms with Gasteiger partial charge in [0.15, 0.2) is 0 Å². The van der Waals surface area contributed by atoms with Crippen molar-refractivity contribution >= 4 is 49.4 Å². The molecule has 0 aromatic heterocycles. The fourth-order valence-corrected chi connectivity index (χ4v) is 8.48. The highest BCUT2D eigenvalue weighted by Gasteiger charge is 2.39. The van der Waals surface area contributed by atoms with Crippen molar-refractivity contribution in [1.29, 1.82) is 0 Å². The first kappa shape index (κ1) is 29.5. The molecular weight excluding hydrogens is 591 g/mol. The summed E-state index contributed by atoms with van der Waals surface area (Å²) in [5, 5.41) is 7.52. The van der Waals surface area contributed by atoms with Gasteiger partial charge in [0.05, 0.1) is 11.4 Å². The lowest BCUT2D eigenvalue weighted by Crippen LogP contribution is -2.21. The van der Waals surface area contributed by atoms with E-state index in [0.717, 1.165) is 5.69 Å². The summed E-state index contributed by atoms with van der Waals surface area (Å²) >= 11 is 0. The van der Waals surface area contributed by atoms with Crippen LogP contribution in [0.1, 0.15) is 50.3 Å². The monoisotopic (exact) mass is 629 g/mol. The first-order chi connectivity index (χ1) is 23.9. The van der Waals surface area contributed by atoms with Crippen LogP contribution in [0.4, 0.5) is 17.1 Å². The molecule has 0 unspecified atom stereocenters. The molecule has 0 N–H and O–H groups in total. The molecule has 0 aliphatic heterocycles. The predicted octanol–water partition coefficient (Wildman–Crippen LogP) is 13.7. The molecule has 0 fully saturated rings. The third-order valence-corrected chi connectivity index (χ3v) is 10.8. The molecule has 0 spiro atoms. The number of fused-ring (bicyclic) bond motifs is 6. The number of benzene rings is 8. The van der Waals surface area contributed by atoms with E-state index >= 15 is 0 Å². The Morgan fingerprint density at radius 1 is 0.469 bits per heavy atom. The molecule has 1 aliphatic rings. The van der Waals surface area contributed by atoms with Gasteiger partial charge in [-0.2, -0.15) is 0 Å². The van der Waals surface area contributed by atoms with Crippen LogP contribution in [0.2, 0.25) is 0 Å². The summed E-state index contributed by atoms with van der Waals surface area (Å²) in [7, 11) is 0. The van der Waals surface area contributed by atoms with Crippen LogP contribution in [0.5, 0.6) is 0 Å². The molecule has 0 radical (unpaired) electrons. The number of rotatable bonds is 5. The van der Waals surface area contributed by atoms with Gasteiger partial charge in [-0.15, -0.1) is 0 Å². The van der Waals surface area contributed by atoms with Gasteiger partial charge in [-0.05, 0) is 84.6 Å². The summed E-state index contributed by atoms with van der Waals surface area (Å²) in [6.07, 6.45) is 0. The molecule has 0 amide bonds. The third kappa shape index (κ3) is 4.46. The number of anilines is 3. The Morgan fingerprint density at radius 2 is 1.00 bits per heavy atom. The lowest BCUT2D eigenvalue weighted by molar-refractivity contribution is 0.661. The Hall–Kier alpha value is -5.66. The first-order valence-electron chi connectivity index (χ1n) is 17.5. The quantitative estimate of drug-likeness (QED) is 0.171. The van der Waals surface area contributed by atoms with E-state index in [1.165, 1.54) is 82.6 Å². The molecule has 49 heavy (non-hydrogen) atoms. The average Bonchev–Trinajstić information content (AvgIpc) is 3.38. The fourth-order valence-electron chi connectivity index (χ4n) is 8.48. The summed E-state index contributed by atoms with van der Waals surface area (Å²) in [6, 6.07) is 58.7. The van der Waals surface area contributed by atoms with Gasteiger partial charge in [0.2, 0.25) is 0 Å². The minimum Gasteiger partial charge on any atom is -0.309 e. The summed E-state index contributed by atoms with van der Waals surface area (Å²) in [5.41, 5.74) is 12.7. The lowest BCUT2D eigenvalue weighted by Gasteiger charge is -2.34. The van der Waals surface area contributed by atoms with Crippen LogP contribution >= 0.6 is 0 Å². The van der Waals surface area contributed by atoms with Gasteiger partial charge in [-0.3, -0.25) is 0 Å². The average molecular weight is 630 g/mol. The van der Waals surface area contributed by atoms with Gasteiger partial charge in [0.1, 0.15) is 0 Å². The zero-order valence-electron chi connectivity index (χ0n) is 28.5. The van der Waals surface area contributed by atoms with Gasteiger partial charge < -0.3 is 4.90 Å². The van der Waals surface area contributed by atoms with Crippen LogP contribution in [0, 0.1) is 0 Å². The Morgan fingerprint density at radius 3 is 1.69 bits per heavy atom. The van der Waals surface area contributed by atoms with Gasteiger partial charge in [-0.1, -0.05) is 167 Å². The zero-order valence-corrected chi connectivity index (χ0v) is 28.5. The largest absolute Gasteiger partial charge is 0.309 e. The van der Waals surface area contributed by atoms with Crippen molar-refractivity contribution in [1.82, 2.24) is 0 Å². The number of hydrogen-bond donors (Lipinski definition) is 0. The Labute approximate surface area is 289 Å². The van der Waals surface area contributed by atoms with Crippen molar-refractivity contribution in [3.63, 3.8) is 0 Å². The Balaban J connectivity index is 1.42. The van der Waals surface area contributed by atoms with E-state index < -0.39 is 0 Å². The molecule has 1 aliphatic carbocycles. The van der Waals surface area contributed by atoms with Crippen molar-refractivity contribution in [2.45, 2.75) is 39.0 Å². The smallest absolute Gasteiger partial charge is 0.0618 e. The number of hydrogen-bond acceptors (Lipinski definition) is 1. The van der Waals surface area contributed by atoms with E-state index in [0.29, 0.717) is 5.92 Å². The van der Waals surface area contributed by atoms with Crippen LogP contribution in [-0.4, -0.2) is 0 Å². The van der Waals surface area contributed by atoms with E-state index in [1.807, 2.05) is 0 Å². The molecule has 1 heteroatoms. The lowest BCUT2D eigenvalue weighted by atomic mass is 9.81. The molecule has 0 heterocycles. The molecule has 8 aromatic carbocycles. The normalized spacial score (nSPS) is 13.2. The second kappa shape index (κ2) is 11.2. The third-order valence-electron chi connectivity index (χ3n) is 10.8. The van der Waals surface area contributed by atoms with Crippen molar-refractivity contribution in [3.8, 4) is 22.3 Å². The van der Waals surface area contributed by atoms with Crippen LogP contribution < -0.4 is 4.90 Å². The highest BCUT2D eigenvalue weighted by atomic mass is 15.1. The van der Waals surface area contributed by atoms with Crippen molar-refractivity contribution < 1.29 is 0 Å². The molecule has 236 valence electrons. The predicted molar refractivity (Wildman–Crippen MR) is 211 cm³/mol. The molecule has 9 rings (SSSR count). The van der Waals surface area contributed by atoms with E-state index in [4.69, 9.17) is 0 Å². The second-order valence-electron chi connectivity index (χ2n) is 14.3. The summed E-state index contributed by atoms with van der Waals surface area (Å²) in [5.74, 6) is 0.457. The SMILES string of the molecule is CC(C)c1ccc(N(c2cccc3c2C(C)(C)c2ccccc2-3)c2c3ccccc3c(-c3cccc4ccccc34)c3ccccc23)cc1. The highest BCUT2D eigenvalue weighted by Crippen LogP contribution is 2.56. The van der Waals surface area contributed by atoms with Crippen molar-refractivity contribution in [2.24, 2.45) is 0 Å². The van der Waals surface area contributed by atoms with Gasteiger partial charge in [0, 0.05) is 21.9 Å². The standard InChI is InChI=1S/C48H39N/c1-31(2)32-27-29-34(30-28-32)49(44-26-14-24-40-36-18-11-12-25-43(36)48(3,4)46(40)44)47-41-21-9-7-19-38(41)45(39-20-8-10-22-42(39)47)37-23-13-16-33-15-5-6-17-35(33)37/h5-31H,1-4H3. The topological polar surface area (TPSA) is 3.24 Å². The molecule has 0 atom stereocenters. The van der Waals surface area contributed by atoms with Crippen LogP contribution in [0.15, 0.2) is 158 Å². The van der Waals surface area contributed by atoms with Crippen LogP contribution in [0.3, 0.4) is 0 Å². The van der Waals surface area contributed by atoms with Crippen LogP contribution in [0.25, 0.3) is 54.6 Å². The molecular formula is C48H39N. The van der Waals surface area contributed by atoms with Gasteiger partial charge in [0.25, 0.3) is 0 Å². The van der Waals surface area contributed by atoms with E-state index in [9.17, 15) is 0 Å². The summed E-state index contributed by atoms with van der Waals surface area (Å²) in [4.78, 5) is 2.56. The van der Waals surface area contributed by atoms with E-state index in [2.05, 4.69) is 190 Å². The van der Waals surface area contributed by atoms with Crippen molar-refractivity contribution in [3.05, 3.63) is 174 Å². The molecule has 0 saturated carbocycles. The maximum atomic E-state index is 2.56. The van der Waals surface area contributed by atoms with E-state index in [1.54, 1.807) is 0 Å². The maximum absolute atomic E-state index is 2.56. The summed E-state index contributed by atoms with van der Waals surface area (Å²) < 4.78 is 0. The van der Waals surface area contributed by atoms with Gasteiger partial charge >= 0.3 is 0 Å².